The smallest absolute Gasteiger partial charge is 0.0522 e. The lowest BCUT2D eigenvalue weighted by molar-refractivity contribution is 0.324. The Morgan fingerprint density at radius 3 is 3.00 bits per heavy atom. The molecule has 4 heteroatoms. The van der Waals surface area contributed by atoms with Gasteiger partial charge in [-0.2, -0.15) is 5.10 Å². The molecule has 0 amide bonds. The monoisotopic (exact) mass is 264 g/mol. The second-order valence-corrected chi connectivity index (χ2v) is 6.28. The molecule has 1 fully saturated rings. The Morgan fingerprint density at radius 2 is 2.32 bits per heavy atom. The highest BCUT2D eigenvalue weighted by Crippen LogP contribution is 2.15. The minimum absolute atomic E-state index is 0.753. The van der Waals surface area contributed by atoms with E-state index in [1.54, 1.807) is 0 Å². The van der Waals surface area contributed by atoms with Crippen LogP contribution in [0.4, 0.5) is 0 Å². The highest BCUT2D eigenvalue weighted by atomic mass is 15.2. The molecule has 1 aromatic rings. The molecular weight excluding hydrogens is 236 g/mol. The van der Waals surface area contributed by atoms with Crippen molar-refractivity contribution in [2.75, 3.05) is 32.7 Å². The summed E-state index contributed by atoms with van der Waals surface area (Å²) in [5.41, 5.74) is 1.35. The summed E-state index contributed by atoms with van der Waals surface area (Å²) < 4.78 is 1.89. The summed E-state index contributed by atoms with van der Waals surface area (Å²) >= 11 is 0. The fourth-order valence-electron chi connectivity index (χ4n) is 2.75. The lowest BCUT2D eigenvalue weighted by atomic mass is 10.1. The van der Waals surface area contributed by atoms with E-state index in [0.29, 0.717) is 0 Å². The third-order valence-corrected chi connectivity index (χ3v) is 3.83. The normalized spacial score (nSPS) is 20.5. The number of rotatable bonds is 7. The van der Waals surface area contributed by atoms with Gasteiger partial charge in [-0.25, -0.2) is 0 Å². The first-order valence-electron chi connectivity index (χ1n) is 7.54. The molecule has 19 heavy (non-hydrogen) atoms. The zero-order valence-corrected chi connectivity index (χ0v) is 12.6. The fraction of sp³-hybridized carbons (Fsp3) is 0.800. The van der Waals surface area contributed by atoms with Crippen LogP contribution in [0.2, 0.25) is 0 Å². The van der Waals surface area contributed by atoms with Crippen LogP contribution in [0.25, 0.3) is 0 Å². The summed E-state index contributed by atoms with van der Waals surface area (Å²) in [5.74, 6) is 1.59. The molecule has 1 N–H and O–H groups in total. The lowest BCUT2D eigenvalue weighted by Crippen LogP contribution is -2.29. The molecule has 1 aliphatic heterocycles. The molecule has 0 radical (unpaired) electrons. The van der Waals surface area contributed by atoms with Crippen molar-refractivity contribution in [3.8, 4) is 0 Å². The minimum atomic E-state index is 0.753. The van der Waals surface area contributed by atoms with E-state index >= 15 is 0 Å². The number of hydrogen-bond acceptors (Lipinski definition) is 3. The average molecular weight is 264 g/mol. The molecule has 2 rings (SSSR count). The summed E-state index contributed by atoms with van der Waals surface area (Å²) in [7, 11) is 1.98. The van der Waals surface area contributed by atoms with Gasteiger partial charge in [0.25, 0.3) is 0 Å². The third kappa shape index (κ3) is 4.96. The second kappa shape index (κ2) is 7.06. The van der Waals surface area contributed by atoms with Gasteiger partial charge >= 0.3 is 0 Å². The predicted molar refractivity (Wildman–Crippen MR) is 79.2 cm³/mol. The third-order valence-electron chi connectivity index (χ3n) is 3.83. The van der Waals surface area contributed by atoms with Gasteiger partial charge in [0, 0.05) is 26.3 Å². The van der Waals surface area contributed by atoms with Gasteiger partial charge in [-0.1, -0.05) is 13.8 Å². The zero-order chi connectivity index (χ0) is 13.7. The topological polar surface area (TPSA) is 33.1 Å². The predicted octanol–water partition coefficient (Wildman–Crippen LogP) is 1.53. The maximum Gasteiger partial charge on any atom is 0.0522 e. The first-order valence-corrected chi connectivity index (χ1v) is 7.54. The number of aromatic nitrogens is 2. The summed E-state index contributed by atoms with van der Waals surface area (Å²) in [6.45, 7) is 10.5. The summed E-state index contributed by atoms with van der Waals surface area (Å²) in [6, 6.07) is 0. The van der Waals surface area contributed by atoms with E-state index in [1.807, 2.05) is 17.9 Å². The highest BCUT2D eigenvalue weighted by molar-refractivity contribution is 5.04. The van der Waals surface area contributed by atoms with Crippen molar-refractivity contribution in [3.05, 3.63) is 18.0 Å². The van der Waals surface area contributed by atoms with Crippen molar-refractivity contribution in [1.29, 1.82) is 0 Å². The van der Waals surface area contributed by atoms with Crippen LogP contribution in [0.15, 0.2) is 12.4 Å². The maximum atomic E-state index is 4.22. The molecule has 0 aliphatic carbocycles. The average Bonchev–Trinajstić information content (AvgIpc) is 2.95. The van der Waals surface area contributed by atoms with Crippen molar-refractivity contribution in [1.82, 2.24) is 20.0 Å². The van der Waals surface area contributed by atoms with Crippen LogP contribution in [0.1, 0.15) is 25.8 Å². The van der Waals surface area contributed by atoms with Gasteiger partial charge < -0.3 is 10.2 Å². The van der Waals surface area contributed by atoms with Crippen molar-refractivity contribution in [3.63, 3.8) is 0 Å². The van der Waals surface area contributed by atoms with E-state index in [2.05, 4.69) is 35.4 Å². The Labute approximate surface area is 117 Å². The lowest BCUT2D eigenvalue weighted by Gasteiger charge is -2.16. The van der Waals surface area contributed by atoms with Crippen molar-refractivity contribution < 1.29 is 0 Å². The summed E-state index contributed by atoms with van der Waals surface area (Å²) in [4.78, 5) is 2.59. The quantitative estimate of drug-likeness (QED) is 0.811. The number of aryl methyl sites for hydroxylation is 1. The maximum absolute atomic E-state index is 4.22. The Morgan fingerprint density at radius 1 is 1.47 bits per heavy atom. The van der Waals surface area contributed by atoms with E-state index in [0.717, 1.165) is 24.8 Å². The summed E-state index contributed by atoms with van der Waals surface area (Å²) in [5, 5.41) is 7.81. The Hall–Kier alpha value is -0.870. The number of nitrogens with zero attached hydrogens (tertiary/aromatic N) is 3. The number of hydrogen-bond donors (Lipinski definition) is 1. The van der Waals surface area contributed by atoms with Crippen LogP contribution >= 0.6 is 0 Å². The second-order valence-electron chi connectivity index (χ2n) is 6.28. The number of nitrogens with one attached hydrogen (secondary N) is 1. The first-order chi connectivity index (χ1) is 9.13. The standard InChI is InChI=1S/C15H28N4/c1-13(2)8-16-9-14-4-6-19(12-14)7-5-15-10-17-18(3)11-15/h10-11,13-14,16H,4-9,12H2,1-3H3. The molecule has 1 aliphatic rings. The molecule has 1 unspecified atom stereocenters. The molecule has 1 aromatic heterocycles. The van der Waals surface area contributed by atoms with E-state index in [4.69, 9.17) is 0 Å². The van der Waals surface area contributed by atoms with E-state index in [1.165, 1.54) is 38.2 Å². The van der Waals surface area contributed by atoms with Gasteiger partial charge in [-0.15, -0.1) is 0 Å². The minimum Gasteiger partial charge on any atom is -0.316 e. The van der Waals surface area contributed by atoms with Gasteiger partial charge in [-0.05, 0) is 49.9 Å². The largest absolute Gasteiger partial charge is 0.316 e. The number of likely N-dealkylation sites (tertiary alicyclic amines) is 1. The Kier molecular flexibility index (Phi) is 5.40. The van der Waals surface area contributed by atoms with Crippen LogP contribution in [0.5, 0.6) is 0 Å². The van der Waals surface area contributed by atoms with Crippen LogP contribution in [-0.2, 0) is 13.5 Å². The molecule has 0 spiro atoms. The van der Waals surface area contributed by atoms with Gasteiger partial charge in [0.15, 0.2) is 0 Å². The molecule has 0 aromatic carbocycles. The Bertz CT molecular complexity index is 372. The molecule has 4 nitrogen and oxygen atoms in total. The highest BCUT2D eigenvalue weighted by Gasteiger charge is 2.21. The van der Waals surface area contributed by atoms with Crippen LogP contribution in [0, 0.1) is 11.8 Å². The molecule has 0 saturated carbocycles. The van der Waals surface area contributed by atoms with Gasteiger partial charge in [-0.3, -0.25) is 4.68 Å². The molecule has 2 heterocycles. The van der Waals surface area contributed by atoms with Crippen LogP contribution in [0.3, 0.4) is 0 Å². The van der Waals surface area contributed by atoms with Crippen LogP contribution < -0.4 is 5.32 Å². The van der Waals surface area contributed by atoms with Crippen molar-refractivity contribution >= 4 is 0 Å². The van der Waals surface area contributed by atoms with Gasteiger partial charge in [0.1, 0.15) is 0 Å². The van der Waals surface area contributed by atoms with Crippen LogP contribution in [-0.4, -0.2) is 47.4 Å². The molecular formula is C15H28N4. The van der Waals surface area contributed by atoms with Crippen molar-refractivity contribution in [2.24, 2.45) is 18.9 Å². The van der Waals surface area contributed by atoms with E-state index in [-0.39, 0.29) is 0 Å². The van der Waals surface area contributed by atoms with E-state index < -0.39 is 0 Å². The Balaban J connectivity index is 1.62. The first kappa shape index (κ1) is 14.5. The zero-order valence-electron chi connectivity index (χ0n) is 12.6. The van der Waals surface area contributed by atoms with E-state index in [9.17, 15) is 0 Å². The van der Waals surface area contributed by atoms with Gasteiger partial charge in [0.05, 0.1) is 6.20 Å². The van der Waals surface area contributed by atoms with Gasteiger partial charge in [0.2, 0.25) is 0 Å². The van der Waals surface area contributed by atoms with Crippen molar-refractivity contribution in [2.45, 2.75) is 26.7 Å². The summed E-state index contributed by atoms with van der Waals surface area (Å²) in [6.07, 6.45) is 6.58. The molecule has 0 bridgehead atoms. The fourth-order valence-corrected chi connectivity index (χ4v) is 2.75. The molecule has 1 atom stereocenters. The molecule has 1 saturated heterocycles. The molecule has 108 valence electrons. The SMILES string of the molecule is CC(C)CNCC1CCN(CCc2cnn(C)c2)C1.